The van der Waals surface area contributed by atoms with Crippen molar-refractivity contribution in [1.29, 1.82) is 0 Å². The number of rotatable bonds is 7. The van der Waals surface area contributed by atoms with Crippen molar-refractivity contribution in [3.05, 3.63) is 117 Å². The Morgan fingerprint density at radius 1 is 0.780 bits per heavy atom. The molecule has 0 radical (unpaired) electrons. The average Bonchev–Trinajstić information content (AvgIpc) is 3.46. The van der Waals surface area contributed by atoms with Gasteiger partial charge in [0.2, 0.25) is 11.8 Å². The Bertz CT molecular complexity index is 1610. The molecule has 1 saturated heterocycles. The van der Waals surface area contributed by atoms with Crippen LogP contribution in [0.5, 0.6) is 0 Å². The number of hydrogen-bond donors (Lipinski definition) is 1. The third kappa shape index (κ3) is 7.41. The molecule has 5 rings (SSSR count). The van der Waals surface area contributed by atoms with E-state index in [0.717, 1.165) is 11.3 Å². The summed E-state index contributed by atoms with van der Waals surface area (Å²) in [6.45, 7) is 2.50. The molecule has 0 saturated carbocycles. The Morgan fingerprint density at radius 3 is 2.32 bits per heavy atom. The second kappa shape index (κ2) is 13.1. The van der Waals surface area contributed by atoms with Crippen molar-refractivity contribution in [2.24, 2.45) is 0 Å². The zero-order valence-electron chi connectivity index (χ0n) is 21.9. The van der Waals surface area contributed by atoms with Gasteiger partial charge in [0.05, 0.1) is 15.7 Å². The molecule has 0 unspecified atom stereocenters. The molecular weight excluding hydrogens is 581 g/mol. The summed E-state index contributed by atoms with van der Waals surface area (Å²) >= 11 is 18.9. The lowest BCUT2D eigenvalue weighted by molar-refractivity contribution is -0.126. The van der Waals surface area contributed by atoms with Crippen molar-refractivity contribution in [2.45, 2.75) is 0 Å². The van der Waals surface area contributed by atoms with Crippen LogP contribution in [-0.4, -0.2) is 42.9 Å². The second-order valence-electron chi connectivity index (χ2n) is 9.37. The van der Waals surface area contributed by atoms with E-state index in [9.17, 15) is 9.59 Å². The fourth-order valence-electron chi connectivity index (χ4n) is 4.46. The molecule has 1 N–H and O–H groups in total. The molecule has 41 heavy (non-hydrogen) atoms. The molecule has 1 aliphatic heterocycles. The lowest BCUT2D eigenvalue weighted by Gasteiger charge is -2.36. The van der Waals surface area contributed by atoms with Crippen LogP contribution in [0, 0.1) is 0 Å². The van der Waals surface area contributed by atoms with Gasteiger partial charge in [-0.15, -0.1) is 0 Å². The molecule has 2 heterocycles. The van der Waals surface area contributed by atoms with Crippen molar-refractivity contribution in [2.75, 3.05) is 36.4 Å². The third-order valence-corrected chi connectivity index (χ3v) is 7.45. The molecule has 208 valence electrons. The second-order valence-corrected chi connectivity index (χ2v) is 10.6. The van der Waals surface area contributed by atoms with E-state index in [-0.39, 0.29) is 11.8 Å². The number of amides is 2. The van der Waals surface area contributed by atoms with Gasteiger partial charge in [0.1, 0.15) is 11.5 Å². The molecule has 6 nitrogen and oxygen atoms in total. The summed E-state index contributed by atoms with van der Waals surface area (Å²) in [5.74, 6) is 0.703. The Hall–Kier alpha value is -3.97. The summed E-state index contributed by atoms with van der Waals surface area (Å²) in [5, 5.41) is 4.40. The number of benzene rings is 3. The number of carbonyl (C=O) groups is 2. The van der Waals surface area contributed by atoms with E-state index in [2.05, 4.69) is 10.2 Å². The van der Waals surface area contributed by atoms with Crippen LogP contribution in [-0.2, 0) is 9.59 Å². The highest BCUT2D eigenvalue weighted by Crippen LogP contribution is 2.32. The van der Waals surface area contributed by atoms with Gasteiger partial charge in [-0.25, -0.2) is 0 Å². The van der Waals surface area contributed by atoms with Crippen LogP contribution in [0.2, 0.25) is 15.1 Å². The summed E-state index contributed by atoms with van der Waals surface area (Å²) in [7, 11) is 0. The van der Waals surface area contributed by atoms with Gasteiger partial charge < -0.3 is 19.5 Å². The molecule has 0 spiro atoms. The van der Waals surface area contributed by atoms with Gasteiger partial charge in [-0.3, -0.25) is 9.59 Å². The number of carbonyl (C=O) groups excluding carboxylic acids is 2. The molecule has 1 aromatic heterocycles. The van der Waals surface area contributed by atoms with E-state index >= 15 is 0 Å². The maximum Gasteiger partial charge on any atom is 0.248 e. The van der Waals surface area contributed by atoms with Crippen LogP contribution < -0.4 is 10.2 Å². The Balaban J connectivity index is 1.14. The van der Waals surface area contributed by atoms with Crippen LogP contribution in [0.15, 0.2) is 95.4 Å². The number of furan rings is 1. The van der Waals surface area contributed by atoms with Crippen LogP contribution in [0.1, 0.15) is 11.3 Å². The lowest BCUT2D eigenvalue weighted by Crippen LogP contribution is -2.48. The highest BCUT2D eigenvalue weighted by atomic mass is 35.5. The van der Waals surface area contributed by atoms with Gasteiger partial charge in [-0.1, -0.05) is 65.1 Å². The fraction of sp³-hybridized carbons (Fsp3) is 0.125. The third-order valence-electron chi connectivity index (χ3n) is 6.58. The minimum atomic E-state index is -0.330. The van der Waals surface area contributed by atoms with Crippen LogP contribution >= 0.6 is 34.8 Å². The minimum Gasteiger partial charge on any atom is -0.457 e. The van der Waals surface area contributed by atoms with Crippen LogP contribution in [0.3, 0.4) is 0 Å². The minimum absolute atomic E-state index is 0.00949. The quantitative estimate of drug-likeness (QED) is 0.217. The Morgan fingerprint density at radius 2 is 1.56 bits per heavy atom. The van der Waals surface area contributed by atoms with Crippen LogP contribution in [0.25, 0.3) is 23.5 Å². The van der Waals surface area contributed by atoms with Crippen molar-refractivity contribution >= 4 is 70.1 Å². The summed E-state index contributed by atoms with van der Waals surface area (Å²) < 4.78 is 5.80. The molecule has 3 aromatic carbocycles. The first kappa shape index (κ1) is 28.6. The van der Waals surface area contributed by atoms with Gasteiger partial charge in [0.15, 0.2) is 0 Å². The summed E-state index contributed by atoms with van der Waals surface area (Å²) in [6, 6.07) is 23.8. The topological polar surface area (TPSA) is 65.8 Å². The van der Waals surface area contributed by atoms with E-state index in [1.807, 2.05) is 47.4 Å². The van der Waals surface area contributed by atoms with E-state index in [1.165, 1.54) is 6.08 Å². The Labute approximate surface area is 253 Å². The summed E-state index contributed by atoms with van der Waals surface area (Å²) in [5.41, 5.74) is 3.09. The lowest BCUT2D eigenvalue weighted by atomic mass is 10.2. The van der Waals surface area contributed by atoms with Gasteiger partial charge in [-0.2, -0.15) is 0 Å². The molecule has 9 heteroatoms. The standard InChI is InChI=1S/C32H26Cl3N3O3/c33-23-7-11-27(34)26(20-23)30-13-9-25(41-30)10-14-31(39)36-24-8-12-29(28(35)21-24)37-16-18-38(19-17-37)32(40)15-6-22-4-2-1-3-5-22/h1-15,20-21H,16-19H2,(H,36,39)/b14-10+,15-6+. The first-order valence-electron chi connectivity index (χ1n) is 13.0. The number of piperazine rings is 1. The first-order valence-corrected chi connectivity index (χ1v) is 14.1. The van der Waals surface area contributed by atoms with E-state index in [1.54, 1.807) is 54.6 Å². The van der Waals surface area contributed by atoms with Gasteiger partial charge in [-0.05, 0) is 66.2 Å². The zero-order valence-corrected chi connectivity index (χ0v) is 24.2. The molecule has 2 amide bonds. The average molecular weight is 607 g/mol. The molecule has 1 aliphatic rings. The number of anilines is 2. The molecule has 0 aliphatic carbocycles. The van der Waals surface area contributed by atoms with E-state index in [0.29, 0.717) is 64.0 Å². The maximum absolute atomic E-state index is 12.6. The predicted molar refractivity (Wildman–Crippen MR) is 168 cm³/mol. The van der Waals surface area contributed by atoms with Crippen molar-refractivity contribution in [3.8, 4) is 11.3 Å². The number of halogens is 3. The van der Waals surface area contributed by atoms with Crippen molar-refractivity contribution in [1.82, 2.24) is 4.90 Å². The summed E-state index contributed by atoms with van der Waals surface area (Å²) in [6.07, 6.45) is 6.40. The smallest absolute Gasteiger partial charge is 0.248 e. The van der Waals surface area contributed by atoms with Crippen molar-refractivity contribution in [3.63, 3.8) is 0 Å². The number of hydrogen-bond acceptors (Lipinski definition) is 4. The SMILES string of the molecule is O=C(/C=C/c1ccc(-c2cc(Cl)ccc2Cl)o1)Nc1ccc(N2CCN(C(=O)/C=C/c3ccccc3)CC2)c(Cl)c1. The molecule has 0 bridgehead atoms. The number of nitrogens with one attached hydrogen (secondary N) is 1. The highest BCUT2D eigenvalue weighted by Gasteiger charge is 2.21. The van der Waals surface area contributed by atoms with Crippen molar-refractivity contribution < 1.29 is 14.0 Å². The van der Waals surface area contributed by atoms with Gasteiger partial charge in [0.25, 0.3) is 0 Å². The normalized spacial score (nSPS) is 13.7. The number of nitrogens with zero attached hydrogens (tertiary/aromatic N) is 2. The molecule has 1 fully saturated rings. The predicted octanol–water partition coefficient (Wildman–Crippen LogP) is 7.92. The summed E-state index contributed by atoms with van der Waals surface area (Å²) in [4.78, 5) is 29.1. The molecular formula is C32H26Cl3N3O3. The van der Waals surface area contributed by atoms with E-state index in [4.69, 9.17) is 39.2 Å². The maximum atomic E-state index is 12.6. The fourth-order valence-corrected chi connectivity index (χ4v) is 5.14. The largest absolute Gasteiger partial charge is 0.457 e. The monoisotopic (exact) mass is 605 g/mol. The molecule has 4 aromatic rings. The van der Waals surface area contributed by atoms with Gasteiger partial charge in [0, 0.05) is 54.6 Å². The first-order chi connectivity index (χ1) is 19.9. The van der Waals surface area contributed by atoms with Gasteiger partial charge >= 0.3 is 0 Å². The van der Waals surface area contributed by atoms with E-state index < -0.39 is 0 Å². The van der Waals surface area contributed by atoms with Crippen LogP contribution in [0.4, 0.5) is 11.4 Å². The zero-order chi connectivity index (χ0) is 28.8. The molecule has 0 atom stereocenters. The Kier molecular flexibility index (Phi) is 9.14. The highest BCUT2D eigenvalue weighted by molar-refractivity contribution is 6.35.